The molecule has 6 heteroatoms. The van der Waals surface area contributed by atoms with Gasteiger partial charge in [0.2, 0.25) is 0 Å². The number of nitrogens with zero attached hydrogens (tertiary/aromatic N) is 2. The first kappa shape index (κ1) is 15.0. The van der Waals surface area contributed by atoms with Crippen LogP contribution in [0, 0.1) is 6.92 Å². The van der Waals surface area contributed by atoms with E-state index in [4.69, 9.17) is 4.52 Å². The molecule has 22 heavy (non-hydrogen) atoms. The highest BCUT2D eigenvalue weighted by Gasteiger charge is 2.23. The Balaban J connectivity index is 1.97. The SMILES string of the molecule is Cc1cc(C(=O)NC2CCCNC2)c2c(C(C)C)noc2n1. The Hall–Kier alpha value is -1.95. The molecule has 1 saturated heterocycles. The maximum absolute atomic E-state index is 12.7. The Morgan fingerprint density at radius 3 is 3.00 bits per heavy atom. The van der Waals surface area contributed by atoms with Crippen molar-refractivity contribution in [2.24, 2.45) is 0 Å². The lowest BCUT2D eigenvalue weighted by atomic mass is 10.0. The molecular weight excluding hydrogens is 280 g/mol. The first-order valence-electron chi connectivity index (χ1n) is 7.84. The summed E-state index contributed by atoms with van der Waals surface area (Å²) in [6, 6.07) is 1.99. The molecular formula is C16H22N4O2. The third-order valence-corrected chi connectivity index (χ3v) is 4.02. The summed E-state index contributed by atoms with van der Waals surface area (Å²) in [6.07, 6.45) is 2.09. The number of carbonyl (C=O) groups is 1. The number of carbonyl (C=O) groups excluding carboxylic acids is 1. The van der Waals surface area contributed by atoms with Gasteiger partial charge in [-0.3, -0.25) is 4.79 Å². The number of hydrogen-bond acceptors (Lipinski definition) is 5. The lowest BCUT2D eigenvalue weighted by Gasteiger charge is -2.24. The molecule has 0 aliphatic carbocycles. The summed E-state index contributed by atoms with van der Waals surface area (Å²) >= 11 is 0. The number of aryl methyl sites for hydroxylation is 1. The van der Waals surface area contributed by atoms with E-state index in [-0.39, 0.29) is 17.9 Å². The van der Waals surface area contributed by atoms with Gasteiger partial charge >= 0.3 is 0 Å². The lowest BCUT2D eigenvalue weighted by molar-refractivity contribution is 0.0932. The van der Waals surface area contributed by atoms with Gasteiger partial charge in [0.1, 0.15) is 0 Å². The molecule has 1 fully saturated rings. The van der Waals surface area contributed by atoms with Gasteiger partial charge in [-0.15, -0.1) is 0 Å². The van der Waals surface area contributed by atoms with Crippen LogP contribution >= 0.6 is 0 Å². The second kappa shape index (κ2) is 6.04. The standard InChI is InChI=1S/C16H22N4O2/c1-9(2)14-13-12(7-10(3)18-16(13)22-20-14)15(21)19-11-5-4-6-17-8-11/h7,9,11,17H,4-6,8H2,1-3H3,(H,19,21). The summed E-state index contributed by atoms with van der Waals surface area (Å²) in [5.41, 5.74) is 2.59. The topological polar surface area (TPSA) is 80.0 Å². The quantitative estimate of drug-likeness (QED) is 0.908. The molecule has 3 heterocycles. The summed E-state index contributed by atoms with van der Waals surface area (Å²) in [5.74, 6) is 0.1000. The fourth-order valence-electron chi connectivity index (χ4n) is 2.91. The summed E-state index contributed by atoms with van der Waals surface area (Å²) < 4.78 is 5.32. The van der Waals surface area contributed by atoms with Crippen molar-refractivity contribution in [1.82, 2.24) is 20.8 Å². The van der Waals surface area contributed by atoms with Crippen molar-refractivity contribution in [2.45, 2.75) is 45.6 Å². The molecule has 3 rings (SSSR count). The third-order valence-electron chi connectivity index (χ3n) is 4.02. The van der Waals surface area contributed by atoms with Gasteiger partial charge in [0.05, 0.1) is 16.6 Å². The summed E-state index contributed by atoms with van der Waals surface area (Å²) in [6.45, 7) is 7.76. The fourth-order valence-corrected chi connectivity index (χ4v) is 2.91. The van der Waals surface area contributed by atoms with Crippen LogP contribution in [0.2, 0.25) is 0 Å². The van der Waals surface area contributed by atoms with E-state index in [1.54, 1.807) is 0 Å². The minimum absolute atomic E-state index is 0.0747. The molecule has 2 N–H and O–H groups in total. The zero-order valence-corrected chi connectivity index (χ0v) is 13.3. The predicted octanol–water partition coefficient (Wildman–Crippen LogP) is 2.14. The number of aromatic nitrogens is 2. The van der Waals surface area contributed by atoms with Crippen LogP contribution in [-0.4, -0.2) is 35.2 Å². The number of amides is 1. The molecule has 1 amide bonds. The Morgan fingerprint density at radius 2 is 2.32 bits per heavy atom. The zero-order valence-electron chi connectivity index (χ0n) is 13.3. The number of nitrogens with one attached hydrogen (secondary N) is 2. The monoisotopic (exact) mass is 302 g/mol. The molecule has 0 spiro atoms. The van der Waals surface area contributed by atoms with Crippen LogP contribution in [0.1, 0.15) is 54.4 Å². The van der Waals surface area contributed by atoms with Crippen LogP contribution in [0.5, 0.6) is 0 Å². The van der Waals surface area contributed by atoms with Crippen molar-refractivity contribution in [3.63, 3.8) is 0 Å². The molecule has 1 aliphatic rings. The van der Waals surface area contributed by atoms with Gasteiger partial charge < -0.3 is 15.2 Å². The Labute approximate surface area is 129 Å². The molecule has 118 valence electrons. The minimum atomic E-state index is -0.0747. The number of piperidine rings is 1. The average molecular weight is 302 g/mol. The van der Waals surface area contributed by atoms with E-state index >= 15 is 0 Å². The van der Waals surface area contributed by atoms with E-state index in [1.165, 1.54) is 0 Å². The Kier molecular flexibility index (Phi) is 4.11. The van der Waals surface area contributed by atoms with Crippen LogP contribution in [0.4, 0.5) is 0 Å². The van der Waals surface area contributed by atoms with E-state index in [2.05, 4.69) is 20.8 Å². The Morgan fingerprint density at radius 1 is 1.50 bits per heavy atom. The molecule has 6 nitrogen and oxygen atoms in total. The molecule has 0 radical (unpaired) electrons. The van der Waals surface area contributed by atoms with Gasteiger partial charge in [0.25, 0.3) is 11.6 Å². The van der Waals surface area contributed by atoms with Crippen molar-refractivity contribution in [1.29, 1.82) is 0 Å². The fraction of sp³-hybridized carbons (Fsp3) is 0.562. The van der Waals surface area contributed by atoms with Crippen molar-refractivity contribution in [3.05, 3.63) is 23.0 Å². The number of rotatable bonds is 3. The van der Waals surface area contributed by atoms with Crippen LogP contribution in [0.3, 0.4) is 0 Å². The molecule has 0 aromatic carbocycles. The molecule has 1 unspecified atom stereocenters. The van der Waals surface area contributed by atoms with Crippen LogP contribution in [0.15, 0.2) is 10.6 Å². The van der Waals surface area contributed by atoms with Gasteiger partial charge in [0.15, 0.2) is 0 Å². The number of fused-ring (bicyclic) bond motifs is 1. The van der Waals surface area contributed by atoms with E-state index < -0.39 is 0 Å². The number of pyridine rings is 1. The molecule has 0 bridgehead atoms. The van der Waals surface area contributed by atoms with Gasteiger partial charge in [-0.2, -0.15) is 0 Å². The van der Waals surface area contributed by atoms with Crippen LogP contribution in [-0.2, 0) is 0 Å². The smallest absolute Gasteiger partial charge is 0.259 e. The van der Waals surface area contributed by atoms with Gasteiger partial charge in [-0.05, 0) is 38.3 Å². The van der Waals surface area contributed by atoms with Gasteiger partial charge in [-0.1, -0.05) is 19.0 Å². The second-order valence-electron chi connectivity index (χ2n) is 6.23. The van der Waals surface area contributed by atoms with E-state index in [0.717, 1.165) is 42.7 Å². The van der Waals surface area contributed by atoms with E-state index in [1.807, 2.05) is 26.8 Å². The lowest BCUT2D eigenvalue weighted by Crippen LogP contribution is -2.45. The molecule has 2 aromatic heterocycles. The summed E-state index contributed by atoms with van der Waals surface area (Å²) in [5, 5.41) is 11.3. The maximum Gasteiger partial charge on any atom is 0.259 e. The van der Waals surface area contributed by atoms with Crippen molar-refractivity contribution >= 4 is 17.0 Å². The molecule has 0 saturated carbocycles. The predicted molar refractivity (Wildman–Crippen MR) is 84.0 cm³/mol. The summed E-state index contributed by atoms with van der Waals surface area (Å²) in [4.78, 5) is 17.1. The van der Waals surface area contributed by atoms with Gasteiger partial charge in [0, 0.05) is 18.3 Å². The van der Waals surface area contributed by atoms with Crippen LogP contribution < -0.4 is 10.6 Å². The highest BCUT2D eigenvalue weighted by molar-refractivity contribution is 6.06. The first-order chi connectivity index (χ1) is 10.6. The van der Waals surface area contributed by atoms with Gasteiger partial charge in [-0.25, -0.2) is 4.98 Å². The van der Waals surface area contributed by atoms with Crippen LogP contribution in [0.25, 0.3) is 11.1 Å². The highest BCUT2D eigenvalue weighted by Crippen LogP contribution is 2.27. The van der Waals surface area contributed by atoms with Crippen molar-refractivity contribution < 1.29 is 9.32 Å². The zero-order chi connectivity index (χ0) is 15.7. The first-order valence-corrected chi connectivity index (χ1v) is 7.84. The molecule has 2 aromatic rings. The number of hydrogen-bond donors (Lipinski definition) is 2. The van der Waals surface area contributed by atoms with Crippen molar-refractivity contribution in [2.75, 3.05) is 13.1 Å². The summed E-state index contributed by atoms with van der Waals surface area (Å²) in [7, 11) is 0. The molecule has 1 atom stereocenters. The maximum atomic E-state index is 12.7. The minimum Gasteiger partial charge on any atom is -0.348 e. The normalized spacial score (nSPS) is 18.8. The van der Waals surface area contributed by atoms with Crippen molar-refractivity contribution in [3.8, 4) is 0 Å². The average Bonchev–Trinajstić information content (AvgIpc) is 2.91. The largest absolute Gasteiger partial charge is 0.348 e. The van der Waals surface area contributed by atoms with E-state index in [0.29, 0.717) is 11.3 Å². The second-order valence-corrected chi connectivity index (χ2v) is 6.23. The third kappa shape index (κ3) is 2.83. The highest BCUT2D eigenvalue weighted by atomic mass is 16.5. The van der Waals surface area contributed by atoms with E-state index in [9.17, 15) is 4.79 Å². The molecule has 1 aliphatic heterocycles. The Bertz CT molecular complexity index is 687.